The van der Waals surface area contributed by atoms with Gasteiger partial charge in [0.1, 0.15) is 0 Å². The zero-order valence-corrected chi connectivity index (χ0v) is 10.6. The smallest absolute Gasteiger partial charge is 0.0474 e. The van der Waals surface area contributed by atoms with Crippen LogP contribution in [0.1, 0.15) is 19.8 Å². The van der Waals surface area contributed by atoms with Gasteiger partial charge in [0.15, 0.2) is 0 Å². The first-order chi connectivity index (χ1) is 7.10. The Morgan fingerprint density at radius 1 is 1.47 bits per heavy atom. The number of rotatable bonds is 5. The normalized spacial score (nSPS) is 27.2. The highest BCUT2D eigenvalue weighted by Gasteiger charge is 2.33. The number of aliphatic hydroxyl groups is 1. The Bertz CT molecular complexity index is 180. The van der Waals surface area contributed by atoms with E-state index in [9.17, 15) is 5.11 Å². The molecule has 0 aromatic carbocycles. The summed E-state index contributed by atoms with van der Waals surface area (Å²) >= 11 is 0. The molecule has 1 saturated heterocycles. The molecule has 0 amide bonds. The molecule has 1 N–H and O–H groups in total. The standard InChI is InChI=1S/C12H26N2O/c1-5-10(9-15)12(13(2)3)11-6-7-14(4)8-11/h10-12,15H,5-9H2,1-4H3. The topological polar surface area (TPSA) is 26.7 Å². The first kappa shape index (κ1) is 12.9. The van der Waals surface area contributed by atoms with Crippen LogP contribution in [0.4, 0.5) is 0 Å². The van der Waals surface area contributed by atoms with E-state index < -0.39 is 0 Å². The number of aliphatic hydroxyl groups excluding tert-OH is 1. The van der Waals surface area contributed by atoms with Crippen LogP contribution in [0, 0.1) is 11.8 Å². The van der Waals surface area contributed by atoms with E-state index in [4.69, 9.17) is 0 Å². The van der Waals surface area contributed by atoms with Crippen molar-refractivity contribution in [1.82, 2.24) is 9.80 Å². The predicted octanol–water partition coefficient (Wildman–Crippen LogP) is 0.887. The highest BCUT2D eigenvalue weighted by atomic mass is 16.3. The van der Waals surface area contributed by atoms with Crippen molar-refractivity contribution in [2.75, 3.05) is 40.8 Å². The van der Waals surface area contributed by atoms with Crippen molar-refractivity contribution in [2.45, 2.75) is 25.8 Å². The minimum atomic E-state index is 0.319. The minimum absolute atomic E-state index is 0.319. The molecule has 0 aromatic heterocycles. The number of hydrogen-bond donors (Lipinski definition) is 1. The second-order valence-corrected chi connectivity index (χ2v) is 5.12. The molecule has 1 rings (SSSR count). The van der Waals surface area contributed by atoms with Gasteiger partial charge in [-0.2, -0.15) is 0 Å². The summed E-state index contributed by atoms with van der Waals surface area (Å²) in [6.45, 7) is 4.88. The molecule has 0 bridgehead atoms. The largest absolute Gasteiger partial charge is 0.396 e. The van der Waals surface area contributed by atoms with E-state index in [2.05, 4.69) is 37.9 Å². The van der Waals surface area contributed by atoms with Gasteiger partial charge in [-0.3, -0.25) is 0 Å². The molecule has 3 atom stereocenters. The van der Waals surface area contributed by atoms with E-state index in [0.717, 1.165) is 12.3 Å². The lowest BCUT2D eigenvalue weighted by molar-refractivity contribution is 0.0908. The van der Waals surface area contributed by atoms with Crippen molar-refractivity contribution < 1.29 is 5.11 Å². The van der Waals surface area contributed by atoms with Crippen LogP contribution in [0.25, 0.3) is 0 Å². The van der Waals surface area contributed by atoms with Crippen LogP contribution in [0.3, 0.4) is 0 Å². The lowest BCUT2D eigenvalue weighted by Gasteiger charge is -2.35. The van der Waals surface area contributed by atoms with Gasteiger partial charge in [-0.15, -0.1) is 0 Å². The Kier molecular flexibility index (Phi) is 5.03. The average Bonchev–Trinajstić information content (AvgIpc) is 2.59. The quantitative estimate of drug-likeness (QED) is 0.736. The van der Waals surface area contributed by atoms with E-state index in [1.807, 2.05) is 0 Å². The third kappa shape index (κ3) is 3.16. The molecule has 0 spiro atoms. The fraction of sp³-hybridized carbons (Fsp3) is 1.00. The molecule has 0 saturated carbocycles. The maximum atomic E-state index is 9.43. The third-order valence-electron chi connectivity index (χ3n) is 3.75. The maximum absolute atomic E-state index is 9.43. The van der Waals surface area contributed by atoms with Gasteiger partial charge < -0.3 is 14.9 Å². The van der Waals surface area contributed by atoms with Gasteiger partial charge >= 0.3 is 0 Å². The predicted molar refractivity (Wildman–Crippen MR) is 63.9 cm³/mol. The van der Waals surface area contributed by atoms with Gasteiger partial charge in [-0.25, -0.2) is 0 Å². The molecule has 0 radical (unpaired) electrons. The maximum Gasteiger partial charge on any atom is 0.0474 e. The van der Waals surface area contributed by atoms with Gasteiger partial charge in [0, 0.05) is 19.2 Å². The lowest BCUT2D eigenvalue weighted by atomic mass is 9.85. The summed E-state index contributed by atoms with van der Waals surface area (Å²) in [5.74, 6) is 1.15. The summed E-state index contributed by atoms with van der Waals surface area (Å²) in [4.78, 5) is 4.69. The Morgan fingerprint density at radius 2 is 2.13 bits per heavy atom. The van der Waals surface area contributed by atoms with Gasteiger partial charge in [-0.05, 0) is 52.4 Å². The van der Waals surface area contributed by atoms with Crippen LogP contribution in [-0.4, -0.2) is 61.8 Å². The van der Waals surface area contributed by atoms with Crippen molar-refractivity contribution in [3.63, 3.8) is 0 Å². The number of likely N-dealkylation sites (tertiary alicyclic amines) is 1. The molecule has 1 heterocycles. The summed E-state index contributed by atoms with van der Waals surface area (Å²) in [7, 11) is 6.47. The Morgan fingerprint density at radius 3 is 2.47 bits per heavy atom. The van der Waals surface area contributed by atoms with Gasteiger partial charge in [0.2, 0.25) is 0 Å². The molecule has 1 fully saturated rings. The van der Waals surface area contributed by atoms with Crippen LogP contribution in [-0.2, 0) is 0 Å². The van der Waals surface area contributed by atoms with Crippen molar-refractivity contribution in [3.05, 3.63) is 0 Å². The van der Waals surface area contributed by atoms with Crippen LogP contribution in [0.2, 0.25) is 0 Å². The molecule has 15 heavy (non-hydrogen) atoms. The van der Waals surface area contributed by atoms with Crippen molar-refractivity contribution in [1.29, 1.82) is 0 Å². The summed E-state index contributed by atoms with van der Waals surface area (Å²) in [5, 5.41) is 9.43. The van der Waals surface area contributed by atoms with E-state index in [0.29, 0.717) is 18.6 Å². The fourth-order valence-electron chi connectivity index (χ4n) is 2.95. The summed E-state index contributed by atoms with van der Waals surface area (Å²) in [6, 6.07) is 0.532. The molecule has 0 aromatic rings. The van der Waals surface area contributed by atoms with Crippen molar-refractivity contribution in [2.24, 2.45) is 11.8 Å². The monoisotopic (exact) mass is 214 g/mol. The third-order valence-corrected chi connectivity index (χ3v) is 3.75. The van der Waals surface area contributed by atoms with E-state index in [1.54, 1.807) is 0 Å². The van der Waals surface area contributed by atoms with Crippen LogP contribution >= 0.6 is 0 Å². The molecule has 1 aliphatic heterocycles. The highest BCUT2D eigenvalue weighted by molar-refractivity contribution is 4.87. The Labute approximate surface area is 94.1 Å². The molecule has 1 aliphatic rings. The summed E-state index contributed by atoms with van der Waals surface area (Å²) in [5.41, 5.74) is 0. The summed E-state index contributed by atoms with van der Waals surface area (Å²) in [6.07, 6.45) is 2.34. The van der Waals surface area contributed by atoms with Gasteiger partial charge in [0.25, 0.3) is 0 Å². The van der Waals surface area contributed by atoms with Crippen LogP contribution in [0.5, 0.6) is 0 Å². The number of hydrogen-bond acceptors (Lipinski definition) is 3. The second-order valence-electron chi connectivity index (χ2n) is 5.12. The van der Waals surface area contributed by atoms with Crippen LogP contribution < -0.4 is 0 Å². The second kappa shape index (κ2) is 5.83. The zero-order chi connectivity index (χ0) is 11.4. The van der Waals surface area contributed by atoms with E-state index in [-0.39, 0.29) is 0 Å². The molecular weight excluding hydrogens is 188 g/mol. The first-order valence-electron chi connectivity index (χ1n) is 6.06. The first-order valence-corrected chi connectivity index (χ1v) is 6.06. The summed E-state index contributed by atoms with van der Waals surface area (Å²) < 4.78 is 0. The molecule has 3 heteroatoms. The lowest BCUT2D eigenvalue weighted by Crippen LogP contribution is -2.43. The van der Waals surface area contributed by atoms with E-state index in [1.165, 1.54) is 19.5 Å². The SMILES string of the molecule is CCC(CO)C(C1CCN(C)C1)N(C)C. The van der Waals surface area contributed by atoms with Gasteiger partial charge in [-0.1, -0.05) is 6.92 Å². The highest BCUT2D eigenvalue weighted by Crippen LogP contribution is 2.27. The van der Waals surface area contributed by atoms with Crippen molar-refractivity contribution >= 4 is 0 Å². The van der Waals surface area contributed by atoms with Crippen LogP contribution in [0.15, 0.2) is 0 Å². The van der Waals surface area contributed by atoms with Crippen molar-refractivity contribution in [3.8, 4) is 0 Å². The fourth-order valence-corrected chi connectivity index (χ4v) is 2.95. The Balaban J connectivity index is 2.64. The number of nitrogens with zero attached hydrogens (tertiary/aromatic N) is 2. The van der Waals surface area contributed by atoms with E-state index >= 15 is 0 Å². The molecule has 3 nitrogen and oxygen atoms in total. The molecular formula is C12H26N2O. The minimum Gasteiger partial charge on any atom is -0.396 e. The zero-order valence-electron chi connectivity index (χ0n) is 10.6. The molecule has 90 valence electrons. The molecule has 3 unspecified atom stereocenters. The molecule has 0 aliphatic carbocycles. The average molecular weight is 214 g/mol. The Hall–Kier alpha value is -0.120. The van der Waals surface area contributed by atoms with Gasteiger partial charge in [0.05, 0.1) is 0 Å².